The fourth-order valence-corrected chi connectivity index (χ4v) is 3.47. The molecule has 2 aliphatic heterocycles. The van der Waals surface area contributed by atoms with E-state index in [0.717, 1.165) is 0 Å². The van der Waals surface area contributed by atoms with Gasteiger partial charge in [-0.1, -0.05) is 6.07 Å². The van der Waals surface area contributed by atoms with Crippen LogP contribution in [0.1, 0.15) is 53.4 Å². The van der Waals surface area contributed by atoms with Crippen LogP contribution in [-0.2, 0) is 0 Å². The van der Waals surface area contributed by atoms with Gasteiger partial charge in [0.15, 0.2) is 17.3 Å². The summed E-state index contributed by atoms with van der Waals surface area (Å²) in [6.07, 6.45) is 3.08. The second-order valence-corrected chi connectivity index (χ2v) is 7.44. The van der Waals surface area contributed by atoms with E-state index in [1.807, 2.05) is 26.0 Å². The maximum absolute atomic E-state index is 12.8. The number of rotatable bonds is 1. The summed E-state index contributed by atoms with van der Waals surface area (Å²) in [5, 5.41) is 29.9. The number of hydrogen-bond acceptors (Lipinski definition) is 6. The van der Waals surface area contributed by atoms with Gasteiger partial charge in [0.05, 0.1) is 12.0 Å². The van der Waals surface area contributed by atoms with Crippen molar-refractivity contribution in [2.45, 2.75) is 38.9 Å². The zero-order valence-corrected chi connectivity index (χ0v) is 15.2. The molecule has 27 heavy (non-hydrogen) atoms. The van der Waals surface area contributed by atoms with Gasteiger partial charge in [0.2, 0.25) is 0 Å². The molecule has 0 bridgehead atoms. The van der Waals surface area contributed by atoms with Crippen molar-refractivity contribution in [2.75, 3.05) is 0 Å². The van der Waals surface area contributed by atoms with Gasteiger partial charge >= 0.3 is 0 Å². The number of phenols is 3. The minimum Gasteiger partial charge on any atom is -0.507 e. The molecule has 2 aliphatic rings. The Bertz CT molecular complexity index is 1000. The van der Waals surface area contributed by atoms with E-state index in [1.165, 1.54) is 12.1 Å². The monoisotopic (exact) mass is 368 g/mol. The van der Waals surface area contributed by atoms with E-state index in [9.17, 15) is 20.1 Å². The lowest BCUT2D eigenvalue weighted by atomic mass is 9.89. The lowest BCUT2D eigenvalue weighted by Gasteiger charge is -2.34. The third kappa shape index (κ3) is 2.68. The number of fused-ring (bicyclic) bond motifs is 3. The second-order valence-electron chi connectivity index (χ2n) is 7.44. The molecule has 0 amide bonds. The summed E-state index contributed by atoms with van der Waals surface area (Å²) in [4.78, 5) is 12.8. The summed E-state index contributed by atoms with van der Waals surface area (Å²) in [5.74, 6) is -0.157. The van der Waals surface area contributed by atoms with Gasteiger partial charge in [-0.2, -0.15) is 0 Å². The molecule has 0 aromatic heterocycles. The van der Waals surface area contributed by atoms with Crippen molar-refractivity contribution in [3.05, 3.63) is 46.5 Å². The van der Waals surface area contributed by atoms with Gasteiger partial charge in [-0.25, -0.2) is 0 Å². The Hall–Kier alpha value is -3.15. The van der Waals surface area contributed by atoms with E-state index in [-0.39, 0.29) is 40.8 Å². The number of benzene rings is 2. The minimum absolute atomic E-state index is 0.0130. The number of carbonyl (C=O) groups is 1. The molecule has 0 saturated heterocycles. The van der Waals surface area contributed by atoms with Crippen LogP contribution in [0, 0.1) is 6.92 Å². The number of Topliss-reactive ketones (excluding diaryl/α,β-unsaturated/α-hetero) is 1. The minimum atomic E-state index is -0.647. The van der Waals surface area contributed by atoms with Gasteiger partial charge < -0.3 is 24.8 Å². The smallest absolute Gasteiger partial charge is 0.174 e. The largest absolute Gasteiger partial charge is 0.507 e. The molecule has 1 atom stereocenters. The molecular formula is C21H20O6. The lowest BCUT2D eigenvalue weighted by molar-refractivity contribution is 0.0840. The van der Waals surface area contributed by atoms with Gasteiger partial charge in [-0.05, 0) is 50.6 Å². The molecule has 140 valence electrons. The van der Waals surface area contributed by atoms with Gasteiger partial charge in [0.1, 0.15) is 34.5 Å². The Morgan fingerprint density at radius 3 is 2.56 bits per heavy atom. The van der Waals surface area contributed by atoms with Crippen molar-refractivity contribution in [3.63, 3.8) is 0 Å². The highest BCUT2D eigenvalue weighted by Gasteiger charge is 2.37. The molecule has 2 aromatic rings. The van der Waals surface area contributed by atoms with Crippen molar-refractivity contribution >= 4 is 11.9 Å². The first-order valence-electron chi connectivity index (χ1n) is 8.67. The van der Waals surface area contributed by atoms with Crippen LogP contribution in [0.5, 0.6) is 28.7 Å². The number of phenolic OH excluding ortho intramolecular Hbond substituents is 3. The standard InChI is InChI=1S/C21H20O6/c1-10-18(25)17-15(24)9-16(11-4-5-13(22)14(23)8-11)26-20(17)12-6-7-21(2,3)27-19(10)12/h4-8,16,22-23,25H,9H2,1-3H3. The van der Waals surface area contributed by atoms with E-state index in [0.29, 0.717) is 22.4 Å². The van der Waals surface area contributed by atoms with Crippen LogP contribution in [-0.4, -0.2) is 26.7 Å². The topological polar surface area (TPSA) is 96.2 Å². The summed E-state index contributed by atoms with van der Waals surface area (Å²) < 4.78 is 12.1. The van der Waals surface area contributed by atoms with Crippen LogP contribution >= 0.6 is 0 Å². The molecular weight excluding hydrogens is 348 g/mol. The second kappa shape index (κ2) is 5.67. The van der Waals surface area contributed by atoms with Crippen molar-refractivity contribution in [2.24, 2.45) is 0 Å². The number of ketones is 1. The molecule has 2 heterocycles. The average molecular weight is 368 g/mol. The van der Waals surface area contributed by atoms with Gasteiger partial charge in [-0.15, -0.1) is 0 Å². The Labute approximate surface area is 156 Å². The van der Waals surface area contributed by atoms with Crippen molar-refractivity contribution in [1.29, 1.82) is 0 Å². The molecule has 6 nitrogen and oxygen atoms in total. The van der Waals surface area contributed by atoms with E-state index < -0.39 is 11.7 Å². The first kappa shape index (κ1) is 17.3. The van der Waals surface area contributed by atoms with E-state index >= 15 is 0 Å². The van der Waals surface area contributed by atoms with Crippen molar-refractivity contribution in [1.82, 2.24) is 0 Å². The Balaban J connectivity index is 1.86. The van der Waals surface area contributed by atoms with E-state index in [2.05, 4.69) is 0 Å². The first-order chi connectivity index (χ1) is 12.7. The maximum Gasteiger partial charge on any atom is 0.174 e. The highest BCUT2D eigenvalue weighted by atomic mass is 16.5. The zero-order chi connectivity index (χ0) is 19.5. The molecule has 0 spiro atoms. The number of aromatic hydroxyl groups is 3. The van der Waals surface area contributed by atoms with Crippen LogP contribution in [0.3, 0.4) is 0 Å². The quantitative estimate of drug-likeness (QED) is 0.659. The van der Waals surface area contributed by atoms with Crippen LogP contribution in [0.2, 0.25) is 0 Å². The van der Waals surface area contributed by atoms with E-state index in [4.69, 9.17) is 9.47 Å². The Morgan fingerprint density at radius 1 is 1.11 bits per heavy atom. The van der Waals surface area contributed by atoms with Crippen molar-refractivity contribution in [3.8, 4) is 28.7 Å². The van der Waals surface area contributed by atoms with Gasteiger partial charge in [0.25, 0.3) is 0 Å². The number of ether oxygens (including phenoxy) is 2. The highest BCUT2D eigenvalue weighted by molar-refractivity contribution is 6.05. The lowest BCUT2D eigenvalue weighted by Crippen LogP contribution is -2.29. The molecule has 0 radical (unpaired) electrons. The highest BCUT2D eigenvalue weighted by Crippen LogP contribution is 2.51. The van der Waals surface area contributed by atoms with Gasteiger partial charge in [-0.3, -0.25) is 4.79 Å². The molecule has 1 unspecified atom stereocenters. The SMILES string of the molecule is Cc1c(O)c2c(c3c1OC(C)(C)C=C3)OC(c1ccc(O)c(O)c1)CC2=O. The zero-order valence-electron chi connectivity index (χ0n) is 15.2. The third-order valence-corrected chi connectivity index (χ3v) is 4.95. The molecule has 6 heteroatoms. The summed E-state index contributed by atoms with van der Waals surface area (Å²) >= 11 is 0. The Kier molecular flexibility index (Phi) is 3.63. The maximum atomic E-state index is 12.8. The van der Waals surface area contributed by atoms with Crippen LogP contribution < -0.4 is 9.47 Å². The van der Waals surface area contributed by atoms with Crippen LogP contribution in [0.4, 0.5) is 0 Å². The summed E-state index contributed by atoms with van der Waals surface area (Å²) in [7, 11) is 0. The molecule has 2 aromatic carbocycles. The fourth-order valence-electron chi connectivity index (χ4n) is 3.47. The molecule has 0 aliphatic carbocycles. The summed E-state index contributed by atoms with van der Waals surface area (Å²) in [6.45, 7) is 5.51. The van der Waals surface area contributed by atoms with Gasteiger partial charge in [0, 0.05) is 5.56 Å². The number of hydrogen-bond donors (Lipinski definition) is 3. The molecule has 3 N–H and O–H groups in total. The molecule has 0 fully saturated rings. The summed E-state index contributed by atoms with van der Waals surface area (Å²) in [5.41, 5.74) is 1.27. The van der Waals surface area contributed by atoms with Crippen LogP contribution in [0.25, 0.3) is 6.08 Å². The first-order valence-corrected chi connectivity index (χ1v) is 8.67. The fraction of sp³-hybridized carbons (Fsp3) is 0.286. The number of carbonyl (C=O) groups excluding carboxylic acids is 1. The average Bonchev–Trinajstić information content (AvgIpc) is 2.60. The third-order valence-electron chi connectivity index (χ3n) is 4.95. The predicted octanol–water partition coefficient (Wildman–Crippen LogP) is 4.00. The summed E-state index contributed by atoms with van der Waals surface area (Å²) in [6, 6.07) is 4.31. The van der Waals surface area contributed by atoms with Crippen LogP contribution in [0.15, 0.2) is 24.3 Å². The molecule has 0 saturated carbocycles. The normalized spacial score (nSPS) is 19.7. The van der Waals surface area contributed by atoms with E-state index in [1.54, 1.807) is 13.0 Å². The Morgan fingerprint density at radius 2 is 1.85 bits per heavy atom. The van der Waals surface area contributed by atoms with Crippen molar-refractivity contribution < 1.29 is 29.6 Å². The molecule has 4 rings (SSSR count). The predicted molar refractivity (Wildman–Crippen MR) is 98.7 cm³/mol.